The van der Waals surface area contributed by atoms with Gasteiger partial charge in [-0.2, -0.15) is 0 Å². The SMILES string of the molecule is Cc1ccc(-c2cc(NC(=O)C3CC3)ccc2C(=O)N2CCS(=O)(=O)CC2)s1. The average molecular weight is 419 g/mol. The van der Waals surface area contributed by atoms with Gasteiger partial charge in [-0.15, -0.1) is 11.3 Å². The Morgan fingerprint density at radius 2 is 1.82 bits per heavy atom. The Balaban J connectivity index is 1.65. The number of sulfone groups is 1. The third-order valence-electron chi connectivity index (χ3n) is 5.10. The first-order valence-corrected chi connectivity index (χ1v) is 12.0. The number of hydrogen-bond donors (Lipinski definition) is 1. The van der Waals surface area contributed by atoms with Crippen LogP contribution in [0.5, 0.6) is 0 Å². The lowest BCUT2D eigenvalue weighted by molar-refractivity contribution is -0.117. The lowest BCUT2D eigenvalue weighted by Gasteiger charge is -2.27. The monoisotopic (exact) mass is 418 g/mol. The summed E-state index contributed by atoms with van der Waals surface area (Å²) in [6.45, 7) is 2.43. The van der Waals surface area contributed by atoms with E-state index in [0.29, 0.717) is 11.3 Å². The fourth-order valence-corrected chi connectivity index (χ4v) is 5.37. The number of nitrogens with one attached hydrogen (secondary N) is 1. The van der Waals surface area contributed by atoms with E-state index in [-0.39, 0.29) is 42.3 Å². The molecular formula is C20H22N2O4S2. The molecule has 2 aliphatic rings. The summed E-state index contributed by atoms with van der Waals surface area (Å²) in [5, 5.41) is 2.94. The standard InChI is InChI=1S/C20H22N2O4S2/c1-13-2-7-18(27-13)17-12-15(21-19(23)14-3-4-14)5-6-16(17)20(24)22-8-10-28(25,26)11-9-22/h2,5-7,12,14H,3-4,8-11H2,1H3,(H,21,23). The number of hydrogen-bond acceptors (Lipinski definition) is 5. The summed E-state index contributed by atoms with van der Waals surface area (Å²) >= 11 is 1.59. The van der Waals surface area contributed by atoms with Crippen molar-refractivity contribution in [3.8, 4) is 10.4 Å². The maximum atomic E-state index is 13.1. The second kappa shape index (κ2) is 7.33. The third-order valence-corrected chi connectivity index (χ3v) is 7.75. The Morgan fingerprint density at radius 1 is 1.11 bits per heavy atom. The Morgan fingerprint density at radius 3 is 2.43 bits per heavy atom. The molecule has 148 valence electrons. The van der Waals surface area contributed by atoms with Crippen LogP contribution in [0.1, 0.15) is 28.1 Å². The molecule has 0 radical (unpaired) electrons. The van der Waals surface area contributed by atoms with Gasteiger partial charge in [-0.25, -0.2) is 8.42 Å². The zero-order valence-electron chi connectivity index (χ0n) is 15.6. The second-order valence-electron chi connectivity index (χ2n) is 7.38. The van der Waals surface area contributed by atoms with E-state index in [1.54, 1.807) is 28.4 Å². The van der Waals surface area contributed by atoms with Crippen molar-refractivity contribution < 1.29 is 18.0 Å². The fourth-order valence-electron chi connectivity index (χ4n) is 3.27. The number of amides is 2. The first-order chi connectivity index (χ1) is 13.3. The number of nitrogens with zero attached hydrogens (tertiary/aromatic N) is 1. The molecule has 1 aliphatic heterocycles. The van der Waals surface area contributed by atoms with Crippen LogP contribution in [0.3, 0.4) is 0 Å². The van der Waals surface area contributed by atoms with E-state index in [4.69, 9.17) is 0 Å². The first kappa shape index (κ1) is 19.1. The fraction of sp³-hybridized carbons (Fsp3) is 0.400. The number of carbonyl (C=O) groups is 2. The second-order valence-corrected chi connectivity index (χ2v) is 11.0. The molecule has 2 fully saturated rings. The topological polar surface area (TPSA) is 83.6 Å². The van der Waals surface area contributed by atoms with Crippen LogP contribution >= 0.6 is 11.3 Å². The van der Waals surface area contributed by atoms with Crippen LogP contribution in [-0.2, 0) is 14.6 Å². The molecule has 0 bridgehead atoms. The number of rotatable bonds is 4. The highest BCUT2D eigenvalue weighted by Crippen LogP contribution is 2.35. The quantitative estimate of drug-likeness (QED) is 0.827. The van der Waals surface area contributed by atoms with E-state index in [1.807, 2.05) is 25.1 Å². The van der Waals surface area contributed by atoms with Crippen molar-refractivity contribution in [1.82, 2.24) is 4.90 Å². The molecule has 2 amide bonds. The molecule has 0 unspecified atom stereocenters. The number of carbonyl (C=O) groups excluding carboxylic acids is 2. The Hall–Kier alpha value is -2.19. The van der Waals surface area contributed by atoms with Crippen molar-refractivity contribution in [2.45, 2.75) is 19.8 Å². The Bertz CT molecular complexity index is 1020. The summed E-state index contributed by atoms with van der Waals surface area (Å²) in [6, 6.07) is 9.30. The third kappa shape index (κ3) is 4.12. The van der Waals surface area contributed by atoms with Gasteiger partial charge in [0.2, 0.25) is 5.91 Å². The Kier molecular flexibility index (Phi) is 5.01. The summed E-state index contributed by atoms with van der Waals surface area (Å²) in [7, 11) is -3.05. The maximum absolute atomic E-state index is 13.1. The molecule has 1 saturated carbocycles. The van der Waals surface area contributed by atoms with Gasteiger partial charge in [0, 0.05) is 45.6 Å². The molecule has 8 heteroatoms. The highest BCUT2D eigenvalue weighted by atomic mass is 32.2. The summed E-state index contributed by atoms with van der Waals surface area (Å²) in [6.07, 6.45) is 1.86. The highest BCUT2D eigenvalue weighted by Gasteiger charge is 2.30. The number of thiophene rings is 1. The molecule has 6 nitrogen and oxygen atoms in total. The maximum Gasteiger partial charge on any atom is 0.254 e. The smallest absolute Gasteiger partial charge is 0.254 e. The minimum absolute atomic E-state index is 0.00170. The molecule has 0 atom stereocenters. The van der Waals surface area contributed by atoms with Gasteiger partial charge in [0.25, 0.3) is 5.91 Å². The molecular weight excluding hydrogens is 396 g/mol. The van der Waals surface area contributed by atoms with E-state index >= 15 is 0 Å². The summed E-state index contributed by atoms with van der Waals surface area (Å²) in [5.74, 6) is -0.0441. The lowest BCUT2D eigenvalue weighted by Crippen LogP contribution is -2.43. The van der Waals surface area contributed by atoms with Crippen LogP contribution in [0.4, 0.5) is 5.69 Å². The molecule has 1 N–H and O–H groups in total. The van der Waals surface area contributed by atoms with E-state index in [0.717, 1.165) is 28.2 Å². The zero-order valence-corrected chi connectivity index (χ0v) is 17.2. The summed E-state index contributed by atoms with van der Waals surface area (Å²) in [4.78, 5) is 28.9. The minimum Gasteiger partial charge on any atom is -0.337 e. The van der Waals surface area contributed by atoms with E-state index < -0.39 is 9.84 Å². The molecule has 2 aromatic rings. The van der Waals surface area contributed by atoms with Crippen molar-refractivity contribution in [2.75, 3.05) is 29.9 Å². The normalized spacial score (nSPS) is 18.7. The lowest BCUT2D eigenvalue weighted by atomic mass is 10.0. The molecule has 28 heavy (non-hydrogen) atoms. The zero-order chi connectivity index (χ0) is 19.9. The molecule has 2 heterocycles. The number of benzene rings is 1. The van der Waals surface area contributed by atoms with E-state index in [1.165, 1.54) is 0 Å². The van der Waals surface area contributed by atoms with Crippen LogP contribution < -0.4 is 5.32 Å². The number of aryl methyl sites for hydroxylation is 1. The van der Waals surface area contributed by atoms with E-state index in [9.17, 15) is 18.0 Å². The van der Waals surface area contributed by atoms with E-state index in [2.05, 4.69) is 5.32 Å². The van der Waals surface area contributed by atoms with Gasteiger partial charge in [-0.1, -0.05) is 0 Å². The van der Waals surface area contributed by atoms with Gasteiger partial charge in [-0.3, -0.25) is 9.59 Å². The largest absolute Gasteiger partial charge is 0.337 e. The van der Waals surface area contributed by atoms with Crippen molar-refractivity contribution >= 4 is 38.7 Å². The molecule has 1 aromatic carbocycles. The van der Waals surface area contributed by atoms with Crippen LogP contribution in [-0.4, -0.2) is 49.7 Å². The predicted molar refractivity (Wildman–Crippen MR) is 110 cm³/mol. The van der Waals surface area contributed by atoms with Gasteiger partial charge in [0.15, 0.2) is 9.84 Å². The van der Waals surface area contributed by atoms with Crippen molar-refractivity contribution in [3.63, 3.8) is 0 Å². The van der Waals surface area contributed by atoms with Gasteiger partial charge in [-0.05, 0) is 50.1 Å². The first-order valence-electron chi connectivity index (χ1n) is 9.34. The van der Waals surface area contributed by atoms with Crippen LogP contribution in [0.2, 0.25) is 0 Å². The highest BCUT2D eigenvalue weighted by molar-refractivity contribution is 7.91. The van der Waals surface area contributed by atoms with Crippen molar-refractivity contribution in [1.29, 1.82) is 0 Å². The molecule has 0 spiro atoms. The van der Waals surface area contributed by atoms with Gasteiger partial charge >= 0.3 is 0 Å². The van der Waals surface area contributed by atoms with Gasteiger partial charge < -0.3 is 10.2 Å². The van der Waals surface area contributed by atoms with Crippen molar-refractivity contribution in [3.05, 3.63) is 40.8 Å². The Labute approximate surface area is 168 Å². The van der Waals surface area contributed by atoms with Crippen LogP contribution in [0.25, 0.3) is 10.4 Å². The van der Waals surface area contributed by atoms with Gasteiger partial charge in [0.1, 0.15) is 0 Å². The molecule has 1 saturated heterocycles. The summed E-state index contributed by atoms with van der Waals surface area (Å²) < 4.78 is 23.4. The molecule has 4 rings (SSSR count). The molecule has 1 aliphatic carbocycles. The predicted octanol–water partition coefficient (Wildman–Crippen LogP) is 2.94. The van der Waals surface area contributed by atoms with Crippen molar-refractivity contribution in [2.24, 2.45) is 5.92 Å². The molecule has 1 aromatic heterocycles. The minimum atomic E-state index is -3.05. The number of anilines is 1. The van der Waals surface area contributed by atoms with Crippen LogP contribution in [0, 0.1) is 12.8 Å². The van der Waals surface area contributed by atoms with Gasteiger partial charge in [0.05, 0.1) is 11.5 Å². The van der Waals surface area contributed by atoms with Crippen LogP contribution in [0.15, 0.2) is 30.3 Å². The summed E-state index contributed by atoms with van der Waals surface area (Å²) in [5.41, 5.74) is 1.98. The average Bonchev–Trinajstić information content (AvgIpc) is 3.42.